The van der Waals surface area contributed by atoms with Gasteiger partial charge in [-0.15, -0.1) is 0 Å². The van der Waals surface area contributed by atoms with Crippen LogP contribution in [0, 0.1) is 5.92 Å². The van der Waals surface area contributed by atoms with Gasteiger partial charge in [0.1, 0.15) is 6.61 Å². The topological polar surface area (TPSA) is 50.5 Å². The fourth-order valence-electron chi connectivity index (χ4n) is 2.70. The predicted octanol–water partition coefficient (Wildman–Crippen LogP) is 2.03. The zero-order valence-electron chi connectivity index (χ0n) is 12.7. The van der Waals surface area contributed by atoms with Crippen LogP contribution in [0.25, 0.3) is 0 Å². The van der Waals surface area contributed by atoms with E-state index in [9.17, 15) is 0 Å². The Hall–Kier alpha value is -0.910. The summed E-state index contributed by atoms with van der Waals surface area (Å²) >= 11 is 0. The summed E-state index contributed by atoms with van der Waals surface area (Å²) in [5.74, 6) is 1.64. The van der Waals surface area contributed by atoms with Crippen LogP contribution in [0.2, 0.25) is 0 Å². The van der Waals surface area contributed by atoms with Crippen molar-refractivity contribution in [3.05, 3.63) is 17.5 Å². The second-order valence-electron chi connectivity index (χ2n) is 5.64. The molecule has 1 N–H and O–H groups in total. The molecule has 5 heteroatoms. The quantitative estimate of drug-likeness (QED) is 0.739. The minimum atomic E-state index is 0.498. The first kappa shape index (κ1) is 15.5. The van der Waals surface area contributed by atoms with Crippen LogP contribution >= 0.6 is 0 Å². The maximum atomic E-state index is 5.22. The van der Waals surface area contributed by atoms with Gasteiger partial charge >= 0.3 is 0 Å². The van der Waals surface area contributed by atoms with Crippen molar-refractivity contribution in [3.8, 4) is 0 Å². The lowest BCUT2D eigenvalue weighted by Gasteiger charge is -2.31. The molecule has 0 aromatic carbocycles. The fourth-order valence-corrected chi connectivity index (χ4v) is 2.70. The smallest absolute Gasteiger partial charge is 0.162 e. The first-order valence-electron chi connectivity index (χ1n) is 7.68. The van der Waals surface area contributed by atoms with Crippen LogP contribution in [0.15, 0.2) is 10.6 Å². The van der Waals surface area contributed by atoms with E-state index in [0.29, 0.717) is 6.61 Å². The molecule has 1 aromatic rings. The Morgan fingerprint density at radius 3 is 2.95 bits per heavy atom. The molecule has 0 radical (unpaired) electrons. The minimum Gasteiger partial charge on any atom is -0.377 e. The molecular weight excluding hydrogens is 254 g/mol. The molecule has 1 aliphatic rings. The monoisotopic (exact) mass is 281 g/mol. The average Bonchev–Trinajstić information content (AvgIpc) is 2.89. The van der Waals surface area contributed by atoms with Gasteiger partial charge in [0.05, 0.1) is 5.69 Å². The third kappa shape index (κ3) is 4.89. The molecule has 5 nitrogen and oxygen atoms in total. The summed E-state index contributed by atoms with van der Waals surface area (Å²) < 4.78 is 10.3. The Labute approximate surface area is 121 Å². The van der Waals surface area contributed by atoms with E-state index in [-0.39, 0.29) is 0 Å². The van der Waals surface area contributed by atoms with Gasteiger partial charge in [-0.1, -0.05) is 12.1 Å². The number of ether oxygens (including phenoxy) is 1. The summed E-state index contributed by atoms with van der Waals surface area (Å²) in [5, 5.41) is 7.63. The number of rotatable bonds is 8. The fraction of sp³-hybridized carbons (Fsp3) is 0.800. The summed E-state index contributed by atoms with van der Waals surface area (Å²) in [7, 11) is 1.67. The molecule has 0 amide bonds. The number of nitrogens with zero attached hydrogens (tertiary/aromatic N) is 2. The van der Waals surface area contributed by atoms with Gasteiger partial charge in [-0.05, 0) is 51.4 Å². The molecule has 2 rings (SSSR count). The third-order valence-corrected chi connectivity index (χ3v) is 3.85. The molecule has 0 bridgehead atoms. The van der Waals surface area contributed by atoms with Crippen molar-refractivity contribution in [2.75, 3.05) is 33.3 Å². The van der Waals surface area contributed by atoms with Crippen molar-refractivity contribution in [1.29, 1.82) is 0 Å². The Kier molecular flexibility index (Phi) is 6.50. The Morgan fingerprint density at radius 2 is 2.25 bits per heavy atom. The lowest BCUT2D eigenvalue weighted by molar-refractivity contribution is 0.154. The van der Waals surface area contributed by atoms with Gasteiger partial charge < -0.3 is 14.6 Å². The first-order valence-corrected chi connectivity index (χ1v) is 7.68. The predicted molar refractivity (Wildman–Crippen MR) is 78.4 cm³/mol. The van der Waals surface area contributed by atoms with Gasteiger partial charge in [-0.25, -0.2) is 0 Å². The van der Waals surface area contributed by atoms with Crippen LogP contribution in [0.5, 0.6) is 0 Å². The number of methoxy groups -OCH3 is 1. The molecule has 1 aromatic heterocycles. The van der Waals surface area contributed by atoms with E-state index < -0.39 is 0 Å². The summed E-state index contributed by atoms with van der Waals surface area (Å²) in [5.41, 5.74) is 1.01. The van der Waals surface area contributed by atoms with Crippen LogP contribution < -0.4 is 5.32 Å². The second kappa shape index (κ2) is 8.39. The average molecular weight is 281 g/mol. The second-order valence-corrected chi connectivity index (χ2v) is 5.64. The van der Waals surface area contributed by atoms with Crippen LogP contribution in [0.3, 0.4) is 0 Å². The molecular formula is C15H27N3O2. The van der Waals surface area contributed by atoms with E-state index in [1.165, 1.54) is 25.8 Å². The van der Waals surface area contributed by atoms with E-state index in [4.69, 9.17) is 9.26 Å². The van der Waals surface area contributed by atoms with E-state index in [2.05, 4.69) is 22.3 Å². The molecule has 114 valence electrons. The number of aromatic nitrogens is 1. The zero-order chi connectivity index (χ0) is 14.2. The molecule has 20 heavy (non-hydrogen) atoms. The highest BCUT2D eigenvalue weighted by atomic mass is 16.5. The van der Waals surface area contributed by atoms with E-state index in [0.717, 1.165) is 43.6 Å². The summed E-state index contributed by atoms with van der Waals surface area (Å²) in [6, 6.07) is 2.00. The van der Waals surface area contributed by atoms with E-state index in [1.807, 2.05) is 6.07 Å². The number of hydrogen-bond donors (Lipinski definition) is 1. The van der Waals surface area contributed by atoms with Crippen LogP contribution in [0.1, 0.15) is 37.6 Å². The van der Waals surface area contributed by atoms with Gasteiger partial charge in [0.2, 0.25) is 0 Å². The molecule has 1 aliphatic heterocycles. The van der Waals surface area contributed by atoms with Crippen LogP contribution in [0.4, 0.5) is 0 Å². The molecule has 1 fully saturated rings. The standard InChI is InChI=1S/C15H27N3O2/c1-3-6-16-10-13-4-7-18(8-5-13)11-14-9-15(12-19-2)20-17-14/h9,13,16H,3-8,10-12H2,1-2H3. The van der Waals surface area contributed by atoms with Crippen molar-refractivity contribution in [2.45, 2.75) is 39.3 Å². The largest absolute Gasteiger partial charge is 0.377 e. The summed E-state index contributed by atoms with van der Waals surface area (Å²) in [6.45, 7) is 8.23. The molecule has 0 spiro atoms. The summed E-state index contributed by atoms with van der Waals surface area (Å²) in [6.07, 6.45) is 3.77. The highest BCUT2D eigenvalue weighted by Crippen LogP contribution is 2.18. The summed E-state index contributed by atoms with van der Waals surface area (Å²) in [4.78, 5) is 2.46. The highest BCUT2D eigenvalue weighted by Gasteiger charge is 2.19. The highest BCUT2D eigenvalue weighted by molar-refractivity contribution is 5.04. The van der Waals surface area contributed by atoms with Gasteiger partial charge in [-0.3, -0.25) is 4.90 Å². The van der Waals surface area contributed by atoms with Crippen molar-refractivity contribution in [3.63, 3.8) is 0 Å². The Morgan fingerprint density at radius 1 is 1.45 bits per heavy atom. The number of piperidine rings is 1. The molecule has 0 saturated carbocycles. The van der Waals surface area contributed by atoms with Crippen molar-refractivity contribution in [2.24, 2.45) is 5.92 Å². The molecule has 0 atom stereocenters. The molecule has 0 unspecified atom stereocenters. The maximum absolute atomic E-state index is 5.22. The molecule has 2 heterocycles. The van der Waals surface area contributed by atoms with Crippen molar-refractivity contribution < 1.29 is 9.26 Å². The van der Waals surface area contributed by atoms with E-state index in [1.54, 1.807) is 7.11 Å². The lowest BCUT2D eigenvalue weighted by Crippen LogP contribution is -2.37. The first-order chi connectivity index (χ1) is 9.81. The lowest BCUT2D eigenvalue weighted by atomic mass is 9.96. The minimum absolute atomic E-state index is 0.498. The SMILES string of the molecule is CCCNCC1CCN(Cc2cc(COC)on2)CC1. The zero-order valence-corrected chi connectivity index (χ0v) is 12.7. The Balaban J connectivity index is 1.68. The molecule has 0 aliphatic carbocycles. The number of hydrogen-bond acceptors (Lipinski definition) is 5. The van der Waals surface area contributed by atoms with Gasteiger partial charge in [0.15, 0.2) is 5.76 Å². The molecule has 1 saturated heterocycles. The van der Waals surface area contributed by atoms with Gasteiger partial charge in [-0.2, -0.15) is 0 Å². The van der Waals surface area contributed by atoms with E-state index >= 15 is 0 Å². The maximum Gasteiger partial charge on any atom is 0.162 e. The van der Waals surface area contributed by atoms with Gasteiger partial charge in [0, 0.05) is 19.7 Å². The third-order valence-electron chi connectivity index (χ3n) is 3.85. The van der Waals surface area contributed by atoms with Gasteiger partial charge in [0.25, 0.3) is 0 Å². The van der Waals surface area contributed by atoms with Crippen LogP contribution in [-0.4, -0.2) is 43.3 Å². The van der Waals surface area contributed by atoms with Crippen molar-refractivity contribution in [1.82, 2.24) is 15.4 Å². The number of likely N-dealkylation sites (tertiary alicyclic amines) is 1. The number of nitrogens with one attached hydrogen (secondary N) is 1. The van der Waals surface area contributed by atoms with Crippen LogP contribution in [-0.2, 0) is 17.9 Å². The van der Waals surface area contributed by atoms with Crippen molar-refractivity contribution >= 4 is 0 Å². The Bertz CT molecular complexity index is 373. The normalized spacial score (nSPS) is 17.7.